The Hall–Kier alpha value is -1.20. The predicted octanol–water partition coefficient (Wildman–Crippen LogP) is 3.55. The lowest BCUT2D eigenvalue weighted by Crippen LogP contribution is -1.90. The second-order valence-electron chi connectivity index (χ2n) is 3.83. The minimum atomic E-state index is 0.638. The fraction of sp³-hybridized carbons (Fsp3) is 0.333. The van der Waals surface area contributed by atoms with Gasteiger partial charge in [-0.1, -0.05) is 23.7 Å². The number of benzene rings is 1. The van der Waals surface area contributed by atoms with E-state index in [1.807, 2.05) is 12.1 Å². The maximum absolute atomic E-state index is 5.87. The van der Waals surface area contributed by atoms with Gasteiger partial charge in [0.2, 0.25) is 5.89 Å². The van der Waals surface area contributed by atoms with Crippen LogP contribution in [0.5, 0.6) is 0 Å². The molecule has 1 heterocycles. The first-order valence-corrected chi connectivity index (χ1v) is 7.04. The zero-order valence-electron chi connectivity index (χ0n) is 10.0. The molecule has 1 aromatic carbocycles. The Morgan fingerprint density at radius 3 is 3.00 bits per heavy atom. The number of hydrogen-bond donors (Lipinski definition) is 1. The summed E-state index contributed by atoms with van der Waals surface area (Å²) in [5.74, 6) is 2.02. The van der Waals surface area contributed by atoms with Gasteiger partial charge in [0.05, 0.1) is 5.75 Å². The van der Waals surface area contributed by atoms with E-state index >= 15 is 0 Å². The molecular formula is C12H14ClN3OS. The first kappa shape index (κ1) is 13.2. The summed E-state index contributed by atoms with van der Waals surface area (Å²) in [6.45, 7) is 2.08. The Morgan fingerprint density at radius 2 is 2.28 bits per heavy atom. The normalized spacial score (nSPS) is 10.8. The molecule has 0 amide bonds. The Labute approximate surface area is 115 Å². The number of nitrogen functional groups attached to an aromatic ring is 1. The molecule has 0 unspecified atom stereocenters. The summed E-state index contributed by atoms with van der Waals surface area (Å²) >= 11 is 7.41. The number of rotatable bonds is 5. The first-order chi connectivity index (χ1) is 8.69. The molecule has 1 aromatic heterocycles. The largest absolute Gasteiger partial charge is 0.398 e. The lowest BCUT2D eigenvalue weighted by atomic mass is 10.3. The Morgan fingerprint density at radius 1 is 1.44 bits per heavy atom. The molecule has 0 saturated carbocycles. The maximum atomic E-state index is 5.87. The molecule has 96 valence electrons. The van der Waals surface area contributed by atoms with Crippen LogP contribution in [0.15, 0.2) is 27.6 Å². The van der Waals surface area contributed by atoms with Crippen LogP contribution in [0.1, 0.15) is 25.1 Å². The fourth-order valence-electron chi connectivity index (χ4n) is 1.46. The highest BCUT2D eigenvalue weighted by Gasteiger charge is 2.07. The number of aromatic nitrogens is 2. The van der Waals surface area contributed by atoms with Crippen molar-refractivity contribution in [2.24, 2.45) is 0 Å². The van der Waals surface area contributed by atoms with Crippen molar-refractivity contribution < 1.29 is 4.52 Å². The van der Waals surface area contributed by atoms with Crippen LogP contribution in [-0.2, 0) is 12.2 Å². The molecule has 2 N–H and O–H groups in total. The number of halogens is 1. The third kappa shape index (κ3) is 3.40. The molecule has 0 atom stereocenters. The summed E-state index contributed by atoms with van der Waals surface area (Å²) in [7, 11) is 0. The number of thioether (sulfide) groups is 1. The van der Waals surface area contributed by atoms with Crippen LogP contribution in [0, 0.1) is 0 Å². The average Bonchev–Trinajstić information content (AvgIpc) is 2.76. The van der Waals surface area contributed by atoms with Crippen LogP contribution in [-0.4, -0.2) is 10.1 Å². The topological polar surface area (TPSA) is 64.9 Å². The van der Waals surface area contributed by atoms with Crippen LogP contribution >= 0.6 is 23.4 Å². The lowest BCUT2D eigenvalue weighted by Gasteiger charge is -2.03. The lowest BCUT2D eigenvalue weighted by molar-refractivity contribution is 0.373. The van der Waals surface area contributed by atoms with Crippen molar-refractivity contribution in [1.29, 1.82) is 0 Å². The van der Waals surface area contributed by atoms with E-state index in [-0.39, 0.29) is 0 Å². The van der Waals surface area contributed by atoms with E-state index in [0.717, 1.165) is 17.7 Å². The Kier molecular flexibility index (Phi) is 4.49. The van der Waals surface area contributed by atoms with Gasteiger partial charge in [-0.05, 0) is 24.6 Å². The molecule has 0 aliphatic rings. The molecular weight excluding hydrogens is 270 g/mol. The summed E-state index contributed by atoms with van der Waals surface area (Å²) in [5.41, 5.74) is 6.54. The van der Waals surface area contributed by atoms with E-state index in [1.165, 1.54) is 0 Å². The van der Waals surface area contributed by atoms with Crippen LogP contribution < -0.4 is 5.73 Å². The quantitative estimate of drug-likeness (QED) is 0.671. The number of anilines is 1. The van der Waals surface area contributed by atoms with Crippen LogP contribution in [0.2, 0.25) is 5.02 Å². The number of aryl methyl sites for hydroxylation is 1. The van der Waals surface area contributed by atoms with Gasteiger partial charge in [0, 0.05) is 22.0 Å². The predicted molar refractivity (Wildman–Crippen MR) is 73.7 cm³/mol. The molecule has 0 radical (unpaired) electrons. The van der Waals surface area contributed by atoms with E-state index in [0.29, 0.717) is 28.2 Å². The van der Waals surface area contributed by atoms with Crippen molar-refractivity contribution in [2.45, 2.75) is 30.4 Å². The molecule has 0 bridgehead atoms. The van der Waals surface area contributed by atoms with Crippen molar-refractivity contribution in [1.82, 2.24) is 10.1 Å². The van der Waals surface area contributed by atoms with Gasteiger partial charge in [-0.25, -0.2) is 0 Å². The molecule has 0 saturated heterocycles. The zero-order chi connectivity index (χ0) is 13.0. The third-order valence-corrected chi connectivity index (χ3v) is 3.62. The molecule has 2 aromatic rings. The van der Waals surface area contributed by atoms with Crippen LogP contribution in [0.3, 0.4) is 0 Å². The Bertz CT molecular complexity index is 530. The second-order valence-corrected chi connectivity index (χ2v) is 5.28. The number of hydrogen-bond acceptors (Lipinski definition) is 5. The van der Waals surface area contributed by atoms with Gasteiger partial charge in [-0.15, -0.1) is 11.8 Å². The SMILES string of the molecule is CCCc1nc(CSc2ccc(Cl)cc2N)no1. The average molecular weight is 284 g/mol. The minimum Gasteiger partial charge on any atom is -0.398 e. The van der Waals surface area contributed by atoms with Crippen molar-refractivity contribution in [2.75, 3.05) is 5.73 Å². The van der Waals surface area contributed by atoms with Gasteiger partial charge in [-0.3, -0.25) is 0 Å². The third-order valence-electron chi connectivity index (χ3n) is 2.30. The monoisotopic (exact) mass is 283 g/mol. The van der Waals surface area contributed by atoms with Crippen LogP contribution in [0.25, 0.3) is 0 Å². The van der Waals surface area contributed by atoms with Gasteiger partial charge in [0.15, 0.2) is 5.82 Å². The van der Waals surface area contributed by atoms with Gasteiger partial charge >= 0.3 is 0 Å². The maximum Gasteiger partial charge on any atom is 0.226 e. The second kappa shape index (κ2) is 6.11. The highest BCUT2D eigenvalue weighted by Crippen LogP contribution is 2.29. The van der Waals surface area contributed by atoms with Crippen molar-refractivity contribution >= 4 is 29.1 Å². The fourth-order valence-corrected chi connectivity index (χ4v) is 2.43. The highest BCUT2D eigenvalue weighted by atomic mass is 35.5. The molecule has 0 aliphatic carbocycles. The van der Waals surface area contributed by atoms with Crippen molar-refractivity contribution in [3.63, 3.8) is 0 Å². The molecule has 0 aliphatic heterocycles. The molecule has 0 fully saturated rings. The number of nitrogens with zero attached hydrogens (tertiary/aromatic N) is 2. The van der Waals surface area contributed by atoms with E-state index in [9.17, 15) is 0 Å². The highest BCUT2D eigenvalue weighted by molar-refractivity contribution is 7.98. The minimum absolute atomic E-state index is 0.638. The number of nitrogens with two attached hydrogens (primary N) is 1. The van der Waals surface area contributed by atoms with Crippen LogP contribution in [0.4, 0.5) is 5.69 Å². The van der Waals surface area contributed by atoms with E-state index in [4.69, 9.17) is 21.9 Å². The standard InChI is InChI=1S/C12H14ClN3OS/c1-2-3-12-15-11(16-17-12)7-18-10-5-4-8(13)6-9(10)14/h4-6H,2-3,7,14H2,1H3. The zero-order valence-corrected chi connectivity index (χ0v) is 11.6. The summed E-state index contributed by atoms with van der Waals surface area (Å²) in [6, 6.07) is 5.46. The summed E-state index contributed by atoms with van der Waals surface area (Å²) in [4.78, 5) is 5.27. The molecule has 6 heteroatoms. The summed E-state index contributed by atoms with van der Waals surface area (Å²) in [5, 5.41) is 4.56. The molecule has 4 nitrogen and oxygen atoms in total. The van der Waals surface area contributed by atoms with E-state index < -0.39 is 0 Å². The Balaban J connectivity index is 1.97. The molecule has 2 rings (SSSR count). The molecule has 0 spiro atoms. The van der Waals surface area contributed by atoms with Gasteiger partial charge in [0.25, 0.3) is 0 Å². The van der Waals surface area contributed by atoms with Crippen molar-refractivity contribution in [3.05, 3.63) is 34.9 Å². The summed E-state index contributed by atoms with van der Waals surface area (Å²) in [6.07, 6.45) is 1.82. The van der Waals surface area contributed by atoms with Gasteiger partial charge in [-0.2, -0.15) is 4.98 Å². The van der Waals surface area contributed by atoms with Gasteiger partial charge < -0.3 is 10.3 Å². The van der Waals surface area contributed by atoms with E-state index in [2.05, 4.69) is 17.1 Å². The molecule has 18 heavy (non-hydrogen) atoms. The first-order valence-electron chi connectivity index (χ1n) is 5.68. The van der Waals surface area contributed by atoms with Gasteiger partial charge in [0.1, 0.15) is 0 Å². The summed E-state index contributed by atoms with van der Waals surface area (Å²) < 4.78 is 5.12. The van der Waals surface area contributed by atoms with E-state index in [1.54, 1.807) is 17.8 Å². The van der Waals surface area contributed by atoms with Crippen molar-refractivity contribution in [3.8, 4) is 0 Å². The smallest absolute Gasteiger partial charge is 0.226 e.